The smallest absolute Gasteiger partial charge is 0.101 e. The molecule has 3 N–H and O–H groups in total. The second-order valence-electron chi connectivity index (χ2n) is 8.42. The largest absolute Gasteiger partial charge is 0.325 e. The highest BCUT2D eigenvalue weighted by atomic mass is 35.5. The summed E-state index contributed by atoms with van der Waals surface area (Å²) in [7, 11) is 2.25. The number of nitrogens with two attached hydrogens (primary N) is 1. The van der Waals surface area contributed by atoms with Crippen LogP contribution in [0.2, 0.25) is 11.3 Å². The van der Waals surface area contributed by atoms with Crippen LogP contribution in [-0.4, -0.2) is 19.4 Å². The monoisotopic (exact) mass is 382 g/mol. The lowest BCUT2D eigenvalue weighted by atomic mass is 9.67. The van der Waals surface area contributed by atoms with Crippen molar-refractivity contribution >= 4 is 19.4 Å². The first kappa shape index (κ1) is 20.4. The Bertz CT molecular complexity index is 723. The fraction of sp³-hybridized carbons (Fsp3) is 0.478. The number of benzene rings is 2. The molecule has 4 heteroatoms. The van der Waals surface area contributed by atoms with Gasteiger partial charge in [0.2, 0.25) is 0 Å². The number of hydrogen-bond donors (Lipinski definition) is 2. The second kappa shape index (κ2) is 9.27. The third-order valence-electron chi connectivity index (χ3n) is 6.09. The second-order valence-corrected chi connectivity index (χ2v) is 8.85. The van der Waals surface area contributed by atoms with Crippen LogP contribution in [0.15, 0.2) is 48.5 Å². The van der Waals surface area contributed by atoms with Crippen LogP contribution in [-0.2, 0) is 6.54 Å². The normalized spacial score (nSPS) is 21.4. The minimum Gasteiger partial charge on any atom is -0.325 e. The molecule has 1 fully saturated rings. The molecule has 1 aliphatic rings. The van der Waals surface area contributed by atoms with E-state index in [4.69, 9.17) is 17.3 Å². The van der Waals surface area contributed by atoms with Crippen LogP contribution < -0.4 is 11.1 Å². The molecule has 0 spiro atoms. The number of halogens is 1. The van der Waals surface area contributed by atoms with E-state index in [1.807, 2.05) is 12.1 Å². The molecule has 144 valence electrons. The number of unbranched alkanes of at least 4 members (excludes halogenated alkanes) is 1. The molecule has 1 saturated carbocycles. The molecule has 1 atom stereocenters. The van der Waals surface area contributed by atoms with Crippen LogP contribution in [0, 0.1) is 5.92 Å². The van der Waals surface area contributed by atoms with E-state index in [1.165, 1.54) is 48.7 Å². The van der Waals surface area contributed by atoms with Gasteiger partial charge in [0.25, 0.3) is 0 Å². The fourth-order valence-electron chi connectivity index (χ4n) is 4.05. The minimum absolute atomic E-state index is 0.00184. The summed E-state index contributed by atoms with van der Waals surface area (Å²) in [6.07, 6.45) is 7.38. The highest BCUT2D eigenvalue weighted by Gasteiger charge is 2.39. The Kier molecular flexibility index (Phi) is 7.02. The maximum Gasteiger partial charge on any atom is 0.101 e. The topological polar surface area (TPSA) is 38.0 Å². The van der Waals surface area contributed by atoms with Gasteiger partial charge in [0.1, 0.15) is 7.85 Å². The summed E-state index contributed by atoms with van der Waals surface area (Å²) in [6, 6.07) is 17.4. The average molecular weight is 383 g/mol. The van der Waals surface area contributed by atoms with Crippen LogP contribution in [0.3, 0.4) is 0 Å². The lowest BCUT2D eigenvalue weighted by Gasteiger charge is -2.46. The maximum atomic E-state index is 6.59. The van der Waals surface area contributed by atoms with Gasteiger partial charge in [0.05, 0.1) is 0 Å². The van der Waals surface area contributed by atoms with E-state index < -0.39 is 0 Å². The van der Waals surface area contributed by atoms with Gasteiger partial charge < -0.3 is 11.1 Å². The highest BCUT2D eigenvalue weighted by Crippen LogP contribution is 2.38. The molecule has 27 heavy (non-hydrogen) atoms. The predicted molar refractivity (Wildman–Crippen MR) is 120 cm³/mol. The third-order valence-corrected chi connectivity index (χ3v) is 6.34. The molecule has 2 aromatic rings. The van der Waals surface area contributed by atoms with Crippen molar-refractivity contribution in [1.29, 1.82) is 0 Å². The van der Waals surface area contributed by atoms with E-state index in [0.717, 1.165) is 18.0 Å². The Morgan fingerprint density at radius 2 is 1.85 bits per heavy atom. The number of rotatable bonds is 9. The van der Waals surface area contributed by atoms with Crippen molar-refractivity contribution in [3.63, 3.8) is 0 Å². The summed E-state index contributed by atoms with van der Waals surface area (Å²) in [5, 5.41) is 4.49. The first-order valence-corrected chi connectivity index (χ1v) is 10.7. The van der Waals surface area contributed by atoms with E-state index in [9.17, 15) is 0 Å². The molecule has 0 aromatic heterocycles. The van der Waals surface area contributed by atoms with Gasteiger partial charge in [-0.2, -0.15) is 0 Å². The molecule has 2 aromatic carbocycles. The van der Waals surface area contributed by atoms with E-state index in [0.29, 0.717) is 12.0 Å². The van der Waals surface area contributed by atoms with Crippen molar-refractivity contribution in [2.45, 2.75) is 63.5 Å². The first-order chi connectivity index (χ1) is 13.0. The van der Waals surface area contributed by atoms with Gasteiger partial charge in [-0.3, -0.25) is 0 Å². The Balaban J connectivity index is 1.48. The summed E-state index contributed by atoms with van der Waals surface area (Å²) in [4.78, 5) is 0. The van der Waals surface area contributed by atoms with E-state index >= 15 is 0 Å². The van der Waals surface area contributed by atoms with E-state index in [1.54, 1.807) is 0 Å². The van der Waals surface area contributed by atoms with Gasteiger partial charge >= 0.3 is 0 Å². The Morgan fingerprint density at radius 3 is 2.56 bits per heavy atom. The van der Waals surface area contributed by atoms with Gasteiger partial charge in [0, 0.05) is 23.1 Å². The molecule has 0 heterocycles. The zero-order valence-electron chi connectivity index (χ0n) is 16.7. The zero-order chi connectivity index (χ0) is 19.3. The van der Waals surface area contributed by atoms with Crippen LogP contribution in [0.25, 0.3) is 11.1 Å². The summed E-state index contributed by atoms with van der Waals surface area (Å²) in [6.45, 7) is 3.16. The van der Waals surface area contributed by atoms with Crippen LogP contribution in [0.5, 0.6) is 0 Å². The Morgan fingerprint density at radius 1 is 1.11 bits per heavy atom. The minimum atomic E-state index is 0.00184. The van der Waals surface area contributed by atoms with Gasteiger partial charge in [-0.15, -0.1) is 0 Å². The summed E-state index contributed by atoms with van der Waals surface area (Å²) in [5.74, 6) is 0.659. The number of nitrogens with one attached hydrogen (secondary N) is 1. The van der Waals surface area contributed by atoms with Gasteiger partial charge in [-0.05, 0) is 67.0 Å². The van der Waals surface area contributed by atoms with E-state index in [2.05, 4.69) is 56.5 Å². The van der Waals surface area contributed by atoms with Crippen LogP contribution in [0.1, 0.15) is 44.6 Å². The highest BCUT2D eigenvalue weighted by molar-refractivity contribution is 6.30. The lowest BCUT2D eigenvalue weighted by molar-refractivity contribution is 0.123. The zero-order valence-corrected chi connectivity index (χ0v) is 17.4. The third kappa shape index (κ3) is 5.60. The fourth-order valence-corrected chi connectivity index (χ4v) is 4.17. The summed E-state index contributed by atoms with van der Waals surface area (Å²) in [5.41, 5.74) is 10.4. The lowest BCUT2D eigenvalue weighted by Crippen LogP contribution is -2.54. The molecule has 1 aliphatic carbocycles. The molecule has 0 unspecified atom stereocenters. The molecule has 0 saturated heterocycles. The van der Waals surface area contributed by atoms with Crippen molar-refractivity contribution in [1.82, 2.24) is 5.32 Å². The standard InChI is InChI=1S/C23H32BClN2/c1-23(26,11-2-3-12-24)20-14-22(15-20)27-16-17-5-4-6-19(13-17)18-7-9-21(25)10-8-18/h4-10,13,20,22,27H,2-3,11-12,14-16,24,26H2,1H3/t20-,22+,23-/m0/s1. The molecular formula is C23H32BClN2. The van der Waals surface area contributed by atoms with Gasteiger partial charge in [0.15, 0.2) is 0 Å². The predicted octanol–water partition coefficient (Wildman–Crippen LogP) is 4.81. The SMILES string of the molecule is BCCCC[C@](C)(N)[C@H]1C[C@@H](NCc2cccc(-c3ccc(Cl)cc3)c2)C1. The Hall–Kier alpha value is -1.29. The summed E-state index contributed by atoms with van der Waals surface area (Å²) < 4.78 is 0. The Labute approximate surface area is 170 Å². The van der Waals surface area contributed by atoms with Gasteiger partial charge in [-0.25, -0.2) is 0 Å². The molecule has 0 radical (unpaired) electrons. The van der Waals surface area contributed by atoms with Crippen molar-refractivity contribution in [3.05, 3.63) is 59.1 Å². The molecule has 0 aliphatic heterocycles. The molecule has 0 amide bonds. The van der Waals surface area contributed by atoms with E-state index in [-0.39, 0.29) is 5.54 Å². The quantitative estimate of drug-likeness (QED) is 0.482. The summed E-state index contributed by atoms with van der Waals surface area (Å²) >= 11 is 6.00. The van der Waals surface area contributed by atoms with Crippen molar-refractivity contribution in [3.8, 4) is 11.1 Å². The van der Waals surface area contributed by atoms with Crippen molar-refractivity contribution < 1.29 is 0 Å². The van der Waals surface area contributed by atoms with Crippen molar-refractivity contribution in [2.24, 2.45) is 11.7 Å². The first-order valence-electron chi connectivity index (χ1n) is 10.3. The molecule has 0 bridgehead atoms. The van der Waals surface area contributed by atoms with Crippen LogP contribution >= 0.6 is 11.6 Å². The maximum absolute atomic E-state index is 6.59. The molecule has 3 rings (SSSR count). The van der Waals surface area contributed by atoms with Crippen molar-refractivity contribution in [2.75, 3.05) is 0 Å². The molecular weight excluding hydrogens is 351 g/mol. The van der Waals surface area contributed by atoms with Gasteiger partial charge in [-0.1, -0.05) is 61.1 Å². The number of hydrogen-bond acceptors (Lipinski definition) is 2. The molecule has 2 nitrogen and oxygen atoms in total. The average Bonchev–Trinajstić information content (AvgIpc) is 2.61. The van der Waals surface area contributed by atoms with Crippen LogP contribution in [0.4, 0.5) is 0 Å².